The van der Waals surface area contributed by atoms with Gasteiger partial charge in [-0.1, -0.05) is 25.2 Å². The molecule has 0 aliphatic carbocycles. The van der Waals surface area contributed by atoms with E-state index >= 15 is 0 Å². The largest absolute Gasteiger partial charge is 0.496 e. The number of aliphatic hydroxyl groups is 1. The number of benzene rings is 1. The molecule has 2 atom stereocenters. The molecule has 0 amide bonds. The predicted molar refractivity (Wildman–Crippen MR) is 150 cm³/mol. The molecule has 0 saturated carbocycles. The quantitative estimate of drug-likeness (QED) is 0.274. The van der Waals surface area contributed by atoms with Crippen LogP contribution in [0.2, 0.25) is 0 Å². The Bertz CT molecular complexity index is 1620. The van der Waals surface area contributed by atoms with E-state index in [1.807, 2.05) is 13.8 Å². The van der Waals surface area contributed by atoms with Gasteiger partial charge in [-0.05, 0) is 44.0 Å². The van der Waals surface area contributed by atoms with Crippen LogP contribution in [0.4, 0.5) is 4.39 Å². The summed E-state index contributed by atoms with van der Waals surface area (Å²) in [6.07, 6.45) is 2.62. The Hall–Kier alpha value is -3.61. The van der Waals surface area contributed by atoms with Crippen molar-refractivity contribution in [1.82, 2.24) is 18.9 Å². The number of aliphatic hydroxyl groups excluding tert-OH is 1. The summed E-state index contributed by atoms with van der Waals surface area (Å²) in [6.45, 7) is 6.57. The highest BCUT2D eigenvalue weighted by molar-refractivity contribution is 7.21. The van der Waals surface area contributed by atoms with Crippen molar-refractivity contribution in [2.24, 2.45) is 5.92 Å². The molecular weight excluding hydrogens is 539 g/mol. The summed E-state index contributed by atoms with van der Waals surface area (Å²) in [4.78, 5) is 41.3. The number of rotatable bonds is 12. The Kier molecular flexibility index (Phi) is 9.02. The van der Waals surface area contributed by atoms with Gasteiger partial charge in [0.1, 0.15) is 27.5 Å². The number of methoxy groups -OCH3 is 1. The van der Waals surface area contributed by atoms with Crippen molar-refractivity contribution in [2.75, 3.05) is 20.3 Å². The molecule has 0 bridgehead atoms. The van der Waals surface area contributed by atoms with Crippen LogP contribution in [0.5, 0.6) is 5.75 Å². The fourth-order valence-electron chi connectivity index (χ4n) is 4.74. The number of aromatic nitrogens is 4. The van der Waals surface area contributed by atoms with Gasteiger partial charge in [0, 0.05) is 29.9 Å². The molecule has 3 heterocycles. The number of hydrogen-bond acceptors (Lipinski definition) is 8. The SMILES string of the molecule is COc1ccc(F)cc1[C@H](Cn1c(=O)n(C(C)C(=O)CC(C)C)c(=O)c2c(C)c(-n3cccn3)sc21)OCCO. The molecule has 12 heteroatoms. The van der Waals surface area contributed by atoms with E-state index in [-0.39, 0.29) is 43.3 Å². The minimum absolute atomic E-state index is 0.0441. The standard InChI is InChI=1S/C28H33FN4O6S/c1-16(2)13-21(35)18(4)33-25(36)24-17(3)26(32-10-6-9-30-32)40-27(24)31(28(33)37)15-23(39-12-11-34)20-14-19(29)7-8-22(20)38-5/h6-10,14,16,18,23,34H,11-13,15H2,1-5H3/t18?,23-/m0/s1. The molecule has 0 radical (unpaired) electrons. The first kappa shape index (κ1) is 29.4. The Morgan fingerprint density at radius 1 is 1.23 bits per heavy atom. The van der Waals surface area contributed by atoms with Crippen LogP contribution in [0, 0.1) is 18.7 Å². The molecule has 214 valence electrons. The van der Waals surface area contributed by atoms with Crippen molar-refractivity contribution in [3.63, 3.8) is 0 Å². The zero-order chi connectivity index (χ0) is 29.1. The van der Waals surface area contributed by atoms with Gasteiger partial charge in [0.05, 0.1) is 38.3 Å². The topological polar surface area (TPSA) is 118 Å². The van der Waals surface area contributed by atoms with E-state index in [9.17, 15) is 23.9 Å². The number of carbonyl (C=O) groups excluding carboxylic acids is 1. The van der Waals surface area contributed by atoms with Crippen molar-refractivity contribution in [2.45, 2.75) is 52.8 Å². The smallest absolute Gasteiger partial charge is 0.332 e. The highest BCUT2D eigenvalue weighted by atomic mass is 32.1. The van der Waals surface area contributed by atoms with E-state index in [1.54, 1.807) is 37.0 Å². The van der Waals surface area contributed by atoms with E-state index in [2.05, 4.69) is 5.10 Å². The van der Waals surface area contributed by atoms with Gasteiger partial charge in [0.25, 0.3) is 5.56 Å². The van der Waals surface area contributed by atoms with Crippen molar-refractivity contribution in [1.29, 1.82) is 0 Å². The van der Waals surface area contributed by atoms with Gasteiger partial charge >= 0.3 is 5.69 Å². The number of carbonyl (C=O) groups is 1. The van der Waals surface area contributed by atoms with Crippen molar-refractivity contribution in [3.8, 4) is 10.8 Å². The summed E-state index contributed by atoms with van der Waals surface area (Å²) in [6, 6.07) is 4.69. The summed E-state index contributed by atoms with van der Waals surface area (Å²) in [7, 11) is 1.44. The lowest BCUT2D eigenvalue weighted by molar-refractivity contribution is -0.122. The average molecular weight is 573 g/mol. The van der Waals surface area contributed by atoms with Gasteiger partial charge in [-0.15, -0.1) is 0 Å². The third-order valence-electron chi connectivity index (χ3n) is 6.69. The molecule has 0 fully saturated rings. The van der Waals surface area contributed by atoms with E-state index < -0.39 is 29.2 Å². The number of halogens is 1. The zero-order valence-corrected chi connectivity index (χ0v) is 23.9. The molecule has 1 N–H and O–H groups in total. The summed E-state index contributed by atoms with van der Waals surface area (Å²) < 4.78 is 29.7. The van der Waals surface area contributed by atoms with Crippen LogP contribution < -0.4 is 16.0 Å². The Morgan fingerprint density at radius 2 is 1.98 bits per heavy atom. The van der Waals surface area contributed by atoms with Gasteiger partial charge in [0.15, 0.2) is 5.78 Å². The van der Waals surface area contributed by atoms with Crippen LogP contribution in [-0.2, 0) is 16.1 Å². The number of nitrogens with zero attached hydrogens (tertiary/aromatic N) is 4. The fraction of sp³-hybridized carbons (Fsp3) is 0.429. The molecular formula is C28H33FN4O6S. The number of Topliss-reactive ketones (excluding diaryl/α,β-unsaturated/α-hetero) is 1. The lowest BCUT2D eigenvalue weighted by Gasteiger charge is -2.23. The first-order valence-corrected chi connectivity index (χ1v) is 13.8. The van der Waals surface area contributed by atoms with Crippen LogP contribution in [0.3, 0.4) is 0 Å². The van der Waals surface area contributed by atoms with Crippen molar-refractivity contribution in [3.05, 3.63) is 74.4 Å². The molecule has 0 aliphatic heterocycles. The second-order valence-corrected chi connectivity index (χ2v) is 10.9. The molecule has 4 aromatic rings. The lowest BCUT2D eigenvalue weighted by Crippen LogP contribution is -2.44. The maximum Gasteiger partial charge on any atom is 0.332 e. The third-order valence-corrected chi connectivity index (χ3v) is 7.99. The first-order chi connectivity index (χ1) is 19.1. The maximum absolute atomic E-state index is 14.3. The summed E-state index contributed by atoms with van der Waals surface area (Å²) in [5.41, 5.74) is -0.318. The van der Waals surface area contributed by atoms with E-state index in [0.29, 0.717) is 26.7 Å². The third kappa shape index (κ3) is 5.65. The molecule has 3 aromatic heterocycles. The minimum Gasteiger partial charge on any atom is -0.496 e. The lowest BCUT2D eigenvalue weighted by atomic mass is 10.0. The van der Waals surface area contributed by atoms with Gasteiger partial charge < -0.3 is 14.6 Å². The predicted octanol–water partition coefficient (Wildman–Crippen LogP) is 3.79. The molecule has 1 aromatic carbocycles. The zero-order valence-electron chi connectivity index (χ0n) is 23.1. The van der Waals surface area contributed by atoms with E-state index in [4.69, 9.17) is 9.47 Å². The molecule has 0 aliphatic rings. The number of ketones is 1. The number of ether oxygens (including phenoxy) is 2. The van der Waals surface area contributed by atoms with Crippen LogP contribution in [-0.4, -0.2) is 50.1 Å². The number of aryl methyl sites for hydroxylation is 1. The van der Waals surface area contributed by atoms with Gasteiger partial charge in [-0.25, -0.2) is 18.4 Å². The fourth-order valence-corrected chi connectivity index (χ4v) is 5.98. The maximum atomic E-state index is 14.3. The summed E-state index contributed by atoms with van der Waals surface area (Å²) in [5, 5.41) is 14.7. The second kappa shape index (κ2) is 12.3. The number of thiophene rings is 1. The normalized spacial score (nSPS) is 13.2. The van der Waals surface area contributed by atoms with Gasteiger partial charge in [-0.2, -0.15) is 5.10 Å². The Balaban J connectivity index is 1.99. The molecule has 40 heavy (non-hydrogen) atoms. The Morgan fingerprint density at radius 3 is 2.60 bits per heavy atom. The van der Waals surface area contributed by atoms with Crippen molar-refractivity contribution < 1.29 is 23.8 Å². The summed E-state index contributed by atoms with van der Waals surface area (Å²) >= 11 is 1.21. The average Bonchev–Trinajstić information content (AvgIpc) is 3.56. The molecule has 0 saturated heterocycles. The molecule has 4 rings (SSSR count). The highest BCUT2D eigenvalue weighted by Gasteiger charge is 2.28. The monoisotopic (exact) mass is 572 g/mol. The van der Waals surface area contributed by atoms with Gasteiger partial charge in [-0.3, -0.25) is 14.2 Å². The molecule has 0 spiro atoms. The second-order valence-electron chi connectivity index (χ2n) is 9.94. The van der Waals surface area contributed by atoms with Crippen LogP contribution in [0.1, 0.15) is 50.5 Å². The molecule has 1 unspecified atom stereocenters. The van der Waals surface area contributed by atoms with Crippen LogP contribution in [0.25, 0.3) is 15.2 Å². The van der Waals surface area contributed by atoms with E-state index in [1.165, 1.54) is 41.2 Å². The minimum atomic E-state index is -1.01. The van der Waals surface area contributed by atoms with Crippen LogP contribution in [0.15, 0.2) is 46.2 Å². The van der Waals surface area contributed by atoms with Crippen molar-refractivity contribution >= 4 is 27.3 Å². The Labute approximate surface area is 234 Å². The number of fused-ring (bicyclic) bond motifs is 1. The van der Waals surface area contributed by atoms with E-state index in [0.717, 1.165) is 4.57 Å². The molecule has 10 nitrogen and oxygen atoms in total. The summed E-state index contributed by atoms with van der Waals surface area (Å²) in [5.74, 6) is -0.387. The highest BCUT2D eigenvalue weighted by Crippen LogP contribution is 2.34. The van der Waals surface area contributed by atoms with Crippen LogP contribution >= 0.6 is 11.3 Å². The van der Waals surface area contributed by atoms with Gasteiger partial charge in [0.2, 0.25) is 0 Å². The first-order valence-electron chi connectivity index (χ1n) is 13.0. The number of hydrogen-bond donors (Lipinski definition) is 1.